The third kappa shape index (κ3) is 1.77. The van der Waals surface area contributed by atoms with Crippen LogP contribution in [0.2, 0.25) is 0 Å². The molecule has 1 aromatic rings. The number of aryl methyl sites for hydroxylation is 1. The summed E-state index contributed by atoms with van der Waals surface area (Å²) in [5.74, 6) is 0. The fourth-order valence-electron chi connectivity index (χ4n) is 2.49. The van der Waals surface area contributed by atoms with Crippen molar-refractivity contribution >= 4 is 23.0 Å². The topological polar surface area (TPSA) is 17.1 Å². The molecule has 0 bridgehead atoms. The summed E-state index contributed by atoms with van der Waals surface area (Å²) in [6.45, 7) is 2.10. The number of allylic oxidation sites excluding steroid dienone is 2. The predicted octanol–water partition coefficient (Wildman–Crippen LogP) is 3.60. The van der Waals surface area contributed by atoms with Crippen LogP contribution in [0.3, 0.4) is 0 Å². The minimum atomic E-state index is 0.275. The molecule has 0 N–H and O–H groups in total. The first-order valence-corrected chi connectivity index (χ1v) is 6.82. The molecule has 1 unspecified atom stereocenters. The van der Waals surface area contributed by atoms with Crippen molar-refractivity contribution in [2.24, 2.45) is 0 Å². The molecule has 0 saturated heterocycles. The zero-order valence-corrected chi connectivity index (χ0v) is 10.6. The summed E-state index contributed by atoms with van der Waals surface area (Å²) in [6, 6.07) is 8.61. The van der Waals surface area contributed by atoms with Gasteiger partial charge in [-0.05, 0) is 36.5 Å². The summed E-state index contributed by atoms with van der Waals surface area (Å²) in [5, 5.41) is 0.275. The molecule has 3 rings (SSSR count). The maximum Gasteiger partial charge on any atom is 0.147 e. The summed E-state index contributed by atoms with van der Waals surface area (Å²) in [7, 11) is 0. The summed E-state index contributed by atoms with van der Waals surface area (Å²) >= 11 is 1.83. The fourth-order valence-corrected chi connectivity index (χ4v) is 3.74. The smallest absolute Gasteiger partial charge is 0.147 e. The van der Waals surface area contributed by atoms with Crippen molar-refractivity contribution in [1.29, 1.82) is 0 Å². The van der Waals surface area contributed by atoms with E-state index in [1.807, 2.05) is 11.8 Å². The summed E-state index contributed by atoms with van der Waals surface area (Å²) < 4.78 is 0. The van der Waals surface area contributed by atoms with Gasteiger partial charge in [0.25, 0.3) is 0 Å². The van der Waals surface area contributed by atoms with Crippen LogP contribution >= 0.6 is 11.8 Å². The second kappa shape index (κ2) is 4.19. The van der Waals surface area contributed by atoms with Gasteiger partial charge in [-0.2, -0.15) is 0 Å². The Kier molecular flexibility index (Phi) is 2.67. The van der Waals surface area contributed by atoms with Crippen molar-refractivity contribution in [3.63, 3.8) is 0 Å². The molecular weight excluding hydrogens is 228 g/mol. The highest BCUT2D eigenvalue weighted by Gasteiger charge is 2.25. The molecule has 0 saturated carbocycles. The van der Waals surface area contributed by atoms with E-state index in [4.69, 9.17) is 0 Å². The van der Waals surface area contributed by atoms with Gasteiger partial charge in [-0.15, -0.1) is 11.8 Å². The average molecular weight is 242 g/mol. The van der Waals surface area contributed by atoms with Crippen LogP contribution in [0.1, 0.15) is 24.5 Å². The lowest BCUT2D eigenvalue weighted by atomic mass is 9.90. The Balaban J connectivity index is 2.13. The van der Waals surface area contributed by atoms with Gasteiger partial charge in [-0.3, -0.25) is 4.79 Å². The van der Waals surface area contributed by atoms with Gasteiger partial charge in [0.2, 0.25) is 0 Å². The Morgan fingerprint density at radius 2 is 2.12 bits per heavy atom. The molecule has 0 fully saturated rings. The monoisotopic (exact) mass is 242 g/mol. The number of hydrogen-bond acceptors (Lipinski definition) is 2. The standard InChI is InChI=1S/C15H14OS/c1-10-13(9-16)8-12-7-6-11-4-2-3-5-14(11)15(12)17-10/h2-5,8-10H,6-7H2,1H3. The van der Waals surface area contributed by atoms with Crippen molar-refractivity contribution in [2.45, 2.75) is 25.0 Å². The second-order valence-electron chi connectivity index (χ2n) is 4.53. The van der Waals surface area contributed by atoms with Crippen molar-refractivity contribution < 1.29 is 4.79 Å². The third-order valence-electron chi connectivity index (χ3n) is 3.46. The van der Waals surface area contributed by atoms with Crippen LogP contribution in [-0.4, -0.2) is 11.5 Å². The minimum absolute atomic E-state index is 0.275. The van der Waals surface area contributed by atoms with Gasteiger partial charge in [-0.1, -0.05) is 30.3 Å². The summed E-state index contributed by atoms with van der Waals surface area (Å²) in [5.41, 5.74) is 5.07. The van der Waals surface area contributed by atoms with E-state index < -0.39 is 0 Å². The van der Waals surface area contributed by atoms with Crippen molar-refractivity contribution in [1.82, 2.24) is 0 Å². The Morgan fingerprint density at radius 3 is 2.94 bits per heavy atom. The molecule has 0 radical (unpaired) electrons. The van der Waals surface area contributed by atoms with Crippen LogP contribution in [-0.2, 0) is 11.2 Å². The third-order valence-corrected chi connectivity index (χ3v) is 4.80. The van der Waals surface area contributed by atoms with Gasteiger partial charge < -0.3 is 0 Å². The second-order valence-corrected chi connectivity index (χ2v) is 5.88. The highest BCUT2D eigenvalue weighted by molar-refractivity contribution is 8.09. The normalized spacial score (nSPS) is 22.6. The molecule has 1 aromatic carbocycles. The Bertz CT molecular complexity index is 540. The Labute approximate surface area is 106 Å². The van der Waals surface area contributed by atoms with E-state index >= 15 is 0 Å². The lowest BCUT2D eigenvalue weighted by Crippen LogP contribution is -2.13. The zero-order valence-electron chi connectivity index (χ0n) is 9.77. The molecule has 0 aromatic heterocycles. The number of carbonyl (C=O) groups is 1. The molecule has 2 aliphatic rings. The van der Waals surface area contributed by atoms with Crippen LogP contribution in [0.25, 0.3) is 4.91 Å². The quantitative estimate of drug-likeness (QED) is 0.700. The summed E-state index contributed by atoms with van der Waals surface area (Å²) in [6.07, 6.45) is 5.25. The minimum Gasteiger partial charge on any atom is -0.298 e. The molecule has 1 aliphatic carbocycles. The van der Waals surface area contributed by atoms with Crippen LogP contribution < -0.4 is 0 Å². The highest BCUT2D eigenvalue weighted by Crippen LogP contribution is 2.45. The molecule has 1 heterocycles. The molecular formula is C15H14OS. The number of rotatable bonds is 1. The lowest BCUT2D eigenvalue weighted by Gasteiger charge is -2.28. The van der Waals surface area contributed by atoms with Crippen LogP contribution in [0, 0.1) is 0 Å². The SMILES string of the molecule is CC1SC2=C(C=C1C=O)CCc1ccccc12. The first kappa shape index (κ1) is 10.8. The van der Waals surface area contributed by atoms with Gasteiger partial charge in [0, 0.05) is 15.7 Å². The highest BCUT2D eigenvalue weighted by atomic mass is 32.2. The molecule has 1 atom stereocenters. The Hall–Kier alpha value is -1.28. The molecule has 1 nitrogen and oxygen atoms in total. The number of fused-ring (bicyclic) bond motifs is 2. The van der Waals surface area contributed by atoms with Crippen LogP contribution in [0.15, 0.2) is 41.5 Å². The Morgan fingerprint density at radius 1 is 1.29 bits per heavy atom. The van der Waals surface area contributed by atoms with E-state index in [1.54, 1.807) is 0 Å². The van der Waals surface area contributed by atoms with Gasteiger partial charge in [-0.25, -0.2) is 0 Å². The van der Waals surface area contributed by atoms with Gasteiger partial charge in [0.05, 0.1) is 0 Å². The molecule has 2 heteroatoms. The largest absolute Gasteiger partial charge is 0.298 e. The number of benzene rings is 1. The van der Waals surface area contributed by atoms with Crippen molar-refractivity contribution in [3.8, 4) is 0 Å². The van der Waals surface area contributed by atoms with E-state index in [0.717, 1.165) is 24.7 Å². The molecule has 17 heavy (non-hydrogen) atoms. The first-order valence-electron chi connectivity index (χ1n) is 5.94. The first-order chi connectivity index (χ1) is 8.29. The van der Waals surface area contributed by atoms with E-state index in [-0.39, 0.29) is 5.25 Å². The number of thioether (sulfide) groups is 1. The summed E-state index contributed by atoms with van der Waals surface area (Å²) in [4.78, 5) is 12.4. The van der Waals surface area contributed by atoms with Crippen molar-refractivity contribution in [2.75, 3.05) is 0 Å². The van der Waals surface area contributed by atoms with Gasteiger partial charge in [0.1, 0.15) is 6.29 Å². The van der Waals surface area contributed by atoms with Gasteiger partial charge >= 0.3 is 0 Å². The van der Waals surface area contributed by atoms with E-state index in [0.29, 0.717) is 0 Å². The molecule has 0 spiro atoms. The van der Waals surface area contributed by atoms with Gasteiger partial charge in [0.15, 0.2) is 0 Å². The number of carbonyl (C=O) groups excluding carboxylic acids is 1. The molecule has 86 valence electrons. The fraction of sp³-hybridized carbons (Fsp3) is 0.267. The lowest BCUT2D eigenvalue weighted by molar-refractivity contribution is -0.105. The maximum absolute atomic E-state index is 11.0. The number of hydrogen-bond donors (Lipinski definition) is 0. The maximum atomic E-state index is 11.0. The van der Waals surface area contributed by atoms with E-state index in [9.17, 15) is 4.79 Å². The van der Waals surface area contributed by atoms with E-state index in [1.165, 1.54) is 21.6 Å². The molecule has 0 amide bonds. The van der Waals surface area contributed by atoms with Crippen molar-refractivity contribution in [3.05, 3.63) is 52.6 Å². The number of aldehydes is 1. The van der Waals surface area contributed by atoms with E-state index in [2.05, 4.69) is 37.3 Å². The average Bonchev–Trinajstić information content (AvgIpc) is 2.38. The zero-order chi connectivity index (χ0) is 11.8. The molecule has 1 aliphatic heterocycles. The predicted molar refractivity (Wildman–Crippen MR) is 72.9 cm³/mol. The van der Waals surface area contributed by atoms with Crippen LogP contribution in [0.5, 0.6) is 0 Å². The van der Waals surface area contributed by atoms with Crippen LogP contribution in [0.4, 0.5) is 0 Å².